The minimum absolute atomic E-state index is 0.0312. The molecule has 1 N–H and O–H groups in total. The molecule has 2 fully saturated rings. The zero-order valence-electron chi connectivity index (χ0n) is 18.8. The average molecular weight is 483 g/mol. The van der Waals surface area contributed by atoms with E-state index in [1.54, 1.807) is 4.90 Å². The highest BCUT2D eigenvalue weighted by Crippen LogP contribution is 2.40. The number of hydrogen-bond acceptors (Lipinski definition) is 5. The first-order valence-corrected chi connectivity index (χ1v) is 12.1. The number of benzene rings is 1. The average Bonchev–Trinajstić information content (AvgIpc) is 3.30. The molecule has 0 spiro atoms. The molecular formula is C24H29F3N2O3S. The number of ether oxygens (including phenoxy) is 1. The Morgan fingerprint density at radius 3 is 2.64 bits per heavy atom. The zero-order valence-corrected chi connectivity index (χ0v) is 19.6. The van der Waals surface area contributed by atoms with Crippen LogP contribution in [-0.4, -0.2) is 59.7 Å². The van der Waals surface area contributed by atoms with E-state index in [1.807, 2.05) is 13.0 Å². The molecule has 0 radical (unpaired) electrons. The van der Waals surface area contributed by atoms with Gasteiger partial charge in [-0.15, -0.1) is 11.3 Å². The number of thiophene rings is 1. The summed E-state index contributed by atoms with van der Waals surface area (Å²) in [5.74, 6) is 0.469. The van der Waals surface area contributed by atoms with Gasteiger partial charge < -0.3 is 14.7 Å². The highest BCUT2D eigenvalue weighted by molar-refractivity contribution is 7.14. The van der Waals surface area contributed by atoms with Crippen LogP contribution >= 0.6 is 11.3 Å². The van der Waals surface area contributed by atoms with Gasteiger partial charge >= 0.3 is 6.18 Å². The number of hydrogen-bond donors (Lipinski definition) is 1. The van der Waals surface area contributed by atoms with E-state index in [9.17, 15) is 18.0 Å². The van der Waals surface area contributed by atoms with Crippen molar-refractivity contribution >= 4 is 17.2 Å². The molecule has 0 bridgehead atoms. The first-order valence-electron chi connectivity index (χ1n) is 11.3. The van der Waals surface area contributed by atoms with Crippen LogP contribution in [0, 0.1) is 13.8 Å². The highest BCUT2D eigenvalue weighted by Gasteiger charge is 2.39. The molecule has 4 rings (SSSR count). The summed E-state index contributed by atoms with van der Waals surface area (Å²) in [6.07, 6.45) is -1.39. The van der Waals surface area contributed by atoms with Crippen LogP contribution in [0.25, 0.3) is 0 Å². The van der Waals surface area contributed by atoms with Crippen molar-refractivity contribution in [2.75, 3.05) is 32.8 Å². The second-order valence-electron chi connectivity index (χ2n) is 8.73. The lowest BCUT2D eigenvalue weighted by Crippen LogP contribution is -2.57. The normalized spacial score (nSPS) is 21.7. The first kappa shape index (κ1) is 24.0. The van der Waals surface area contributed by atoms with Gasteiger partial charge in [0.15, 0.2) is 0 Å². The third-order valence-corrected chi connectivity index (χ3v) is 7.93. The van der Waals surface area contributed by atoms with Gasteiger partial charge in [-0.3, -0.25) is 9.69 Å². The van der Waals surface area contributed by atoms with Gasteiger partial charge in [-0.25, -0.2) is 0 Å². The number of carbonyl (C=O) groups is 1. The Labute approximate surface area is 195 Å². The number of aliphatic hydroxyl groups excluding tert-OH is 1. The van der Waals surface area contributed by atoms with E-state index in [0.717, 1.165) is 36.6 Å². The molecule has 3 heterocycles. The van der Waals surface area contributed by atoms with Gasteiger partial charge in [0.2, 0.25) is 0 Å². The monoisotopic (exact) mass is 482 g/mol. The maximum absolute atomic E-state index is 12.9. The molecule has 1 amide bonds. The lowest BCUT2D eigenvalue weighted by atomic mass is 9.86. The second kappa shape index (κ2) is 9.64. The van der Waals surface area contributed by atoms with Crippen LogP contribution in [0.2, 0.25) is 0 Å². The Hall–Kier alpha value is -2.10. The summed E-state index contributed by atoms with van der Waals surface area (Å²) in [7, 11) is 0. The van der Waals surface area contributed by atoms with Crippen LogP contribution in [0.3, 0.4) is 0 Å². The Bertz CT molecular complexity index is 1010. The van der Waals surface area contributed by atoms with E-state index in [0.29, 0.717) is 31.0 Å². The van der Waals surface area contributed by atoms with E-state index in [2.05, 4.69) is 17.9 Å². The van der Waals surface area contributed by atoms with Gasteiger partial charge in [-0.05, 0) is 68.0 Å². The van der Waals surface area contributed by atoms with Gasteiger partial charge in [-0.1, -0.05) is 6.07 Å². The maximum atomic E-state index is 12.9. The third kappa shape index (κ3) is 4.90. The second-order valence-corrected chi connectivity index (χ2v) is 9.81. The van der Waals surface area contributed by atoms with Crippen molar-refractivity contribution in [1.82, 2.24) is 9.80 Å². The van der Waals surface area contributed by atoms with Crippen molar-refractivity contribution in [1.29, 1.82) is 0 Å². The summed E-state index contributed by atoms with van der Waals surface area (Å²) in [6, 6.07) is 6.77. The van der Waals surface area contributed by atoms with Crippen LogP contribution < -0.4 is 4.74 Å². The molecule has 2 aromatic rings. The predicted molar refractivity (Wildman–Crippen MR) is 121 cm³/mol. The summed E-state index contributed by atoms with van der Waals surface area (Å²) in [5, 5.41) is 9.04. The van der Waals surface area contributed by atoms with E-state index in [1.165, 1.54) is 17.2 Å². The SMILES string of the molecule is Cc1c(OCCO)ccc(C2CCC[C@H]3CN(C(=O)c4ccc(C(F)(F)F)s4)CCN23)c1C. The number of carbonyl (C=O) groups excluding carboxylic acids is 1. The molecule has 1 aromatic carbocycles. The minimum Gasteiger partial charge on any atom is -0.491 e. The molecule has 2 atom stereocenters. The molecule has 1 aromatic heterocycles. The molecule has 2 saturated heterocycles. The number of alkyl halides is 3. The number of aliphatic hydroxyl groups is 1. The fraction of sp³-hybridized carbons (Fsp3) is 0.542. The molecule has 180 valence electrons. The minimum atomic E-state index is -4.42. The number of piperazine rings is 1. The van der Waals surface area contributed by atoms with Gasteiger partial charge in [0.25, 0.3) is 5.91 Å². The Morgan fingerprint density at radius 1 is 1.15 bits per heavy atom. The number of piperidine rings is 1. The van der Waals surface area contributed by atoms with E-state index in [4.69, 9.17) is 9.84 Å². The molecule has 2 aliphatic rings. The van der Waals surface area contributed by atoms with E-state index >= 15 is 0 Å². The summed E-state index contributed by atoms with van der Waals surface area (Å²) >= 11 is 0.521. The number of amides is 1. The van der Waals surface area contributed by atoms with Crippen molar-refractivity contribution in [2.45, 2.75) is 51.4 Å². The van der Waals surface area contributed by atoms with Crippen LogP contribution in [0.15, 0.2) is 24.3 Å². The zero-order chi connectivity index (χ0) is 23.8. The Morgan fingerprint density at radius 2 is 1.94 bits per heavy atom. The third-order valence-electron chi connectivity index (χ3n) is 6.81. The fourth-order valence-corrected chi connectivity index (χ4v) is 5.86. The maximum Gasteiger partial charge on any atom is 0.425 e. The van der Waals surface area contributed by atoms with Crippen LogP contribution in [0.4, 0.5) is 13.2 Å². The summed E-state index contributed by atoms with van der Waals surface area (Å²) in [4.78, 5) is 16.5. The molecule has 1 unspecified atom stereocenters. The standard InChI is InChI=1S/C24H29F3N2O3S/c1-15-16(2)20(32-13-12-30)7-6-18(15)19-5-3-4-17-14-28(10-11-29(17)19)23(31)21-8-9-22(33-21)24(25,26)27/h6-9,17,19,30H,3-5,10-14H2,1-2H3/t17-,19?/m0/s1. The number of fused-ring (bicyclic) bond motifs is 1. The summed E-state index contributed by atoms with van der Waals surface area (Å²) in [6.45, 7) is 6.07. The topological polar surface area (TPSA) is 53.0 Å². The molecular weight excluding hydrogens is 453 g/mol. The smallest absolute Gasteiger partial charge is 0.425 e. The number of nitrogens with zero attached hydrogens (tertiary/aromatic N) is 2. The Kier molecular flexibility index (Phi) is 7.02. The highest BCUT2D eigenvalue weighted by atomic mass is 32.1. The summed E-state index contributed by atoms with van der Waals surface area (Å²) in [5.41, 5.74) is 3.49. The number of halogens is 3. The van der Waals surface area contributed by atoms with Crippen molar-refractivity contribution in [3.8, 4) is 5.75 Å². The van der Waals surface area contributed by atoms with Crippen LogP contribution in [0.5, 0.6) is 5.75 Å². The fourth-order valence-electron chi connectivity index (χ4n) is 5.02. The van der Waals surface area contributed by atoms with Crippen molar-refractivity contribution < 1.29 is 27.8 Å². The van der Waals surface area contributed by atoms with Crippen LogP contribution in [-0.2, 0) is 6.18 Å². The Balaban J connectivity index is 1.48. The molecule has 2 aliphatic heterocycles. The first-order chi connectivity index (χ1) is 15.7. The molecule has 0 saturated carbocycles. The lowest BCUT2D eigenvalue weighted by molar-refractivity contribution is -0.134. The lowest BCUT2D eigenvalue weighted by Gasteiger charge is -2.48. The molecule has 5 nitrogen and oxygen atoms in total. The van der Waals surface area contributed by atoms with Crippen molar-refractivity contribution in [2.24, 2.45) is 0 Å². The van der Waals surface area contributed by atoms with E-state index < -0.39 is 11.1 Å². The van der Waals surface area contributed by atoms with Gasteiger partial charge in [0.1, 0.15) is 17.2 Å². The van der Waals surface area contributed by atoms with Crippen molar-refractivity contribution in [3.63, 3.8) is 0 Å². The molecule has 33 heavy (non-hydrogen) atoms. The summed E-state index contributed by atoms with van der Waals surface area (Å²) < 4.78 is 44.5. The molecule has 0 aliphatic carbocycles. The van der Waals surface area contributed by atoms with Gasteiger partial charge in [0, 0.05) is 31.7 Å². The number of rotatable bonds is 5. The van der Waals surface area contributed by atoms with E-state index in [-0.39, 0.29) is 36.1 Å². The van der Waals surface area contributed by atoms with Gasteiger partial charge in [-0.2, -0.15) is 13.2 Å². The predicted octanol–water partition coefficient (Wildman–Crippen LogP) is 4.81. The quantitative estimate of drug-likeness (QED) is 0.665. The largest absolute Gasteiger partial charge is 0.491 e. The van der Waals surface area contributed by atoms with Crippen LogP contribution in [0.1, 0.15) is 56.5 Å². The molecule has 9 heteroatoms. The van der Waals surface area contributed by atoms with Crippen molar-refractivity contribution in [3.05, 3.63) is 50.7 Å². The van der Waals surface area contributed by atoms with Gasteiger partial charge in [0.05, 0.1) is 11.5 Å².